The van der Waals surface area contributed by atoms with E-state index in [1.54, 1.807) is 6.92 Å². The van der Waals surface area contributed by atoms with Crippen LogP contribution in [0.5, 0.6) is 0 Å². The van der Waals surface area contributed by atoms with Crippen LogP contribution >= 0.6 is 0 Å². The highest BCUT2D eigenvalue weighted by Crippen LogP contribution is 2.08. The van der Waals surface area contributed by atoms with Crippen LogP contribution in [0.1, 0.15) is 41.0 Å². The molecule has 0 rings (SSSR count). The number of ether oxygens (including phenoxy) is 1. The molecular weight excluding hydrogens is 194 g/mol. The van der Waals surface area contributed by atoms with Gasteiger partial charge in [-0.25, -0.2) is 0 Å². The summed E-state index contributed by atoms with van der Waals surface area (Å²) in [7, 11) is 0. The molecule has 0 heterocycles. The second kappa shape index (κ2) is 6.08. The topological polar surface area (TPSA) is 58.6 Å². The Morgan fingerprint density at radius 2 is 2.00 bits per heavy atom. The Morgan fingerprint density at radius 3 is 2.33 bits per heavy atom. The Bertz CT molecular complexity index is 194. The molecule has 90 valence electrons. The third-order valence-corrected chi connectivity index (χ3v) is 1.96. The van der Waals surface area contributed by atoms with Crippen molar-refractivity contribution >= 4 is 5.97 Å². The smallest absolute Gasteiger partial charge is 0.323 e. The molecule has 0 aromatic carbocycles. The monoisotopic (exact) mass is 217 g/mol. The summed E-state index contributed by atoms with van der Waals surface area (Å²) in [5.74, 6) is -0.283. The fraction of sp³-hybridized carbons (Fsp3) is 0.909. The largest absolute Gasteiger partial charge is 0.459 e. The number of hydrogen-bond donors (Lipinski definition) is 2. The van der Waals surface area contributed by atoms with Crippen molar-refractivity contribution in [2.75, 3.05) is 6.61 Å². The van der Waals surface area contributed by atoms with E-state index in [9.17, 15) is 4.79 Å². The minimum Gasteiger partial charge on any atom is -0.459 e. The molecule has 2 N–H and O–H groups in total. The SMILES string of the molecule is CCC(CO)NC(C)C(=O)OC(C)(C)C. The van der Waals surface area contributed by atoms with E-state index >= 15 is 0 Å². The van der Waals surface area contributed by atoms with Crippen LogP contribution in [-0.4, -0.2) is 35.4 Å². The molecule has 0 bridgehead atoms. The van der Waals surface area contributed by atoms with Gasteiger partial charge in [0.15, 0.2) is 0 Å². The summed E-state index contributed by atoms with van der Waals surface area (Å²) in [6.45, 7) is 9.23. The second-order valence-electron chi connectivity index (χ2n) is 4.71. The lowest BCUT2D eigenvalue weighted by molar-refractivity contribution is -0.157. The predicted molar refractivity (Wildman–Crippen MR) is 59.6 cm³/mol. The Balaban J connectivity index is 4.09. The molecule has 0 aromatic rings. The van der Waals surface area contributed by atoms with Crippen molar-refractivity contribution in [2.45, 2.75) is 58.7 Å². The van der Waals surface area contributed by atoms with Gasteiger partial charge < -0.3 is 9.84 Å². The molecule has 0 saturated carbocycles. The first kappa shape index (κ1) is 14.4. The maximum absolute atomic E-state index is 11.6. The van der Waals surface area contributed by atoms with Crippen molar-refractivity contribution < 1.29 is 14.6 Å². The molecule has 4 heteroatoms. The van der Waals surface area contributed by atoms with Gasteiger partial charge in [0.25, 0.3) is 0 Å². The van der Waals surface area contributed by atoms with Gasteiger partial charge in [0, 0.05) is 6.04 Å². The van der Waals surface area contributed by atoms with Gasteiger partial charge in [0.05, 0.1) is 6.61 Å². The maximum Gasteiger partial charge on any atom is 0.323 e. The predicted octanol–water partition coefficient (Wildman–Crippen LogP) is 1.08. The van der Waals surface area contributed by atoms with Crippen LogP contribution in [0.3, 0.4) is 0 Å². The number of carbonyl (C=O) groups is 1. The van der Waals surface area contributed by atoms with E-state index in [0.717, 1.165) is 6.42 Å². The molecule has 0 aliphatic heterocycles. The van der Waals surface area contributed by atoms with Crippen LogP contribution < -0.4 is 5.32 Å². The highest BCUT2D eigenvalue weighted by Gasteiger charge is 2.22. The Labute approximate surface area is 92.0 Å². The molecule has 0 saturated heterocycles. The standard InChI is InChI=1S/C11H23NO3/c1-6-9(7-13)12-8(2)10(14)15-11(3,4)5/h8-9,12-13H,6-7H2,1-5H3. The number of nitrogens with one attached hydrogen (secondary N) is 1. The lowest BCUT2D eigenvalue weighted by Crippen LogP contribution is -2.45. The molecule has 0 spiro atoms. The van der Waals surface area contributed by atoms with Crippen molar-refractivity contribution in [3.8, 4) is 0 Å². The fourth-order valence-electron chi connectivity index (χ4n) is 1.11. The summed E-state index contributed by atoms with van der Waals surface area (Å²) < 4.78 is 5.21. The molecular formula is C11H23NO3. The van der Waals surface area contributed by atoms with Crippen LogP contribution in [-0.2, 0) is 9.53 Å². The van der Waals surface area contributed by atoms with Gasteiger partial charge in [-0.3, -0.25) is 10.1 Å². The average molecular weight is 217 g/mol. The Hall–Kier alpha value is -0.610. The van der Waals surface area contributed by atoms with E-state index in [4.69, 9.17) is 9.84 Å². The first-order valence-electron chi connectivity index (χ1n) is 5.40. The van der Waals surface area contributed by atoms with Crippen LogP contribution in [0.4, 0.5) is 0 Å². The van der Waals surface area contributed by atoms with Crippen molar-refractivity contribution in [3.05, 3.63) is 0 Å². The highest BCUT2D eigenvalue weighted by atomic mass is 16.6. The number of aliphatic hydroxyl groups excluding tert-OH is 1. The fourth-order valence-corrected chi connectivity index (χ4v) is 1.11. The van der Waals surface area contributed by atoms with E-state index < -0.39 is 5.60 Å². The van der Waals surface area contributed by atoms with E-state index in [1.807, 2.05) is 27.7 Å². The molecule has 0 aliphatic rings. The molecule has 0 amide bonds. The van der Waals surface area contributed by atoms with E-state index in [0.29, 0.717) is 0 Å². The molecule has 4 nitrogen and oxygen atoms in total. The van der Waals surface area contributed by atoms with E-state index in [-0.39, 0.29) is 24.7 Å². The average Bonchev–Trinajstić information content (AvgIpc) is 2.10. The summed E-state index contributed by atoms with van der Waals surface area (Å²) in [4.78, 5) is 11.6. The summed E-state index contributed by atoms with van der Waals surface area (Å²) in [5, 5.41) is 12.0. The normalized spacial score (nSPS) is 15.9. The van der Waals surface area contributed by atoms with E-state index in [2.05, 4.69) is 5.32 Å². The van der Waals surface area contributed by atoms with Gasteiger partial charge in [-0.2, -0.15) is 0 Å². The highest BCUT2D eigenvalue weighted by molar-refractivity contribution is 5.75. The molecule has 0 aromatic heterocycles. The zero-order chi connectivity index (χ0) is 12.1. The van der Waals surface area contributed by atoms with Crippen molar-refractivity contribution in [1.82, 2.24) is 5.32 Å². The second-order valence-corrected chi connectivity index (χ2v) is 4.71. The van der Waals surface area contributed by atoms with Gasteiger partial charge in [-0.1, -0.05) is 6.92 Å². The van der Waals surface area contributed by atoms with Crippen molar-refractivity contribution in [2.24, 2.45) is 0 Å². The van der Waals surface area contributed by atoms with Crippen LogP contribution in [0, 0.1) is 0 Å². The number of rotatable bonds is 5. The van der Waals surface area contributed by atoms with Crippen LogP contribution in [0.2, 0.25) is 0 Å². The molecule has 0 radical (unpaired) electrons. The van der Waals surface area contributed by atoms with Crippen LogP contribution in [0.25, 0.3) is 0 Å². The Morgan fingerprint density at radius 1 is 1.47 bits per heavy atom. The number of esters is 1. The van der Waals surface area contributed by atoms with Gasteiger partial charge in [0.1, 0.15) is 11.6 Å². The van der Waals surface area contributed by atoms with Crippen molar-refractivity contribution in [1.29, 1.82) is 0 Å². The number of carbonyl (C=O) groups excluding carboxylic acids is 1. The maximum atomic E-state index is 11.6. The summed E-state index contributed by atoms with van der Waals surface area (Å²) in [6.07, 6.45) is 0.781. The van der Waals surface area contributed by atoms with Crippen molar-refractivity contribution in [3.63, 3.8) is 0 Å². The number of hydrogen-bond acceptors (Lipinski definition) is 4. The van der Waals surface area contributed by atoms with Gasteiger partial charge in [-0.05, 0) is 34.1 Å². The quantitative estimate of drug-likeness (QED) is 0.676. The lowest BCUT2D eigenvalue weighted by Gasteiger charge is -2.24. The van der Waals surface area contributed by atoms with Crippen LogP contribution in [0.15, 0.2) is 0 Å². The number of aliphatic hydroxyl groups is 1. The molecule has 15 heavy (non-hydrogen) atoms. The molecule has 0 aliphatic carbocycles. The summed E-state index contributed by atoms with van der Waals surface area (Å²) in [5.41, 5.74) is -0.464. The third-order valence-electron chi connectivity index (χ3n) is 1.96. The zero-order valence-corrected chi connectivity index (χ0v) is 10.3. The molecule has 0 fully saturated rings. The zero-order valence-electron chi connectivity index (χ0n) is 10.3. The van der Waals surface area contributed by atoms with Gasteiger partial charge in [0.2, 0.25) is 0 Å². The summed E-state index contributed by atoms with van der Waals surface area (Å²) in [6, 6.07) is -0.436. The Kier molecular flexibility index (Phi) is 5.83. The third kappa shape index (κ3) is 6.47. The minimum absolute atomic E-state index is 0.0314. The molecule has 2 unspecified atom stereocenters. The lowest BCUT2D eigenvalue weighted by atomic mass is 10.1. The van der Waals surface area contributed by atoms with E-state index in [1.165, 1.54) is 0 Å². The summed E-state index contributed by atoms with van der Waals surface area (Å²) >= 11 is 0. The minimum atomic E-state index is -0.464. The first-order valence-corrected chi connectivity index (χ1v) is 5.40. The molecule has 2 atom stereocenters. The van der Waals surface area contributed by atoms with Gasteiger partial charge >= 0.3 is 5.97 Å². The van der Waals surface area contributed by atoms with Gasteiger partial charge in [-0.15, -0.1) is 0 Å². The first-order chi connectivity index (χ1) is 6.80.